The third-order valence-corrected chi connectivity index (χ3v) is 12.4. The molecule has 4 aromatic carbocycles. The summed E-state index contributed by atoms with van der Waals surface area (Å²) in [5, 5.41) is 5.93. The molecular formula is C32H26Si. The molecule has 158 valence electrons. The summed E-state index contributed by atoms with van der Waals surface area (Å²) in [6.45, 7) is 4.62. The fourth-order valence-electron chi connectivity index (χ4n) is 5.98. The van der Waals surface area contributed by atoms with Gasteiger partial charge in [0.2, 0.25) is 0 Å². The molecule has 0 unspecified atom stereocenters. The van der Waals surface area contributed by atoms with Gasteiger partial charge in [0, 0.05) is 12.8 Å². The maximum Gasteiger partial charge on any atom is 0.180 e. The van der Waals surface area contributed by atoms with Gasteiger partial charge in [-0.2, -0.15) is 0 Å². The lowest BCUT2D eigenvalue weighted by Crippen LogP contribution is -2.60. The van der Waals surface area contributed by atoms with Crippen LogP contribution in [0.5, 0.6) is 0 Å². The second-order valence-corrected chi connectivity index (χ2v) is 12.7. The van der Waals surface area contributed by atoms with Gasteiger partial charge in [-0.3, -0.25) is 0 Å². The molecule has 1 heteroatoms. The maximum absolute atomic E-state index is 2.61. The highest BCUT2D eigenvalue weighted by atomic mass is 28.3. The van der Waals surface area contributed by atoms with Gasteiger partial charge in [-0.1, -0.05) is 120 Å². The van der Waals surface area contributed by atoms with Crippen molar-refractivity contribution in [2.24, 2.45) is 0 Å². The van der Waals surface area contributed by atoms with Gasteiger partial charge in [-0.25, -0.2) is 0 Å². The van der Waals surface area contributed by atoms with Crippen molar-refractivity contribution >= 4 is 28.8 Å². The van der Waals surface area contributed by atoms with E-state index in [4.69, 9.17) is 0 Å². The molecule has 0 aromatic heterocycles. The summed E-state index contributed by atoms with van der Waals surface area (Å²) in [6, 6.07) is 40.4. The highest BCUT2D eigenvalue weighted by Crippen LogP contribution is 2.48. The van der Waals surface area contributed by atoms with E-state index < -0.39 is 8.07 Å². The van der Waals surface area contributed by atoms with E-state index in [1.54, 1.807) is 0 Å². The Labute approximate surface area is 198 Å². The van der Waals surface area contributed by atoms with Crippen LogP contribution in [0, 0.1) is 12.8 Å². The summed E-state index contributed by atoms with van der Waals surface area (Å²) in [5.41, 5.74) is 8.23. The first-order valence-corrected chi connectivity index (χ1v) is 13.6. The number of hydrogen-bond donors (Lipinski definition) is 0. The van der Waals surface area contributed by atoms with Gasteiger partial charge in [0.25, 0.3) is 0 Å². The van der Waals surface area contributed by atoms with Crippen molar-refractivity contribution in [3.8, 4) is 0 Å². The SMILES string of the molecule is CC1=C([Si](C2=C(C)[CH]c3ccccc32)(c2ccccc2)c2ccccc2)c2ccccc2[CH]1. The average Bonchev–Trinajstić information content (AvgIpc) is 3.38. The molecule has 0 fully saturated rings. The van der Waals surface area contributed by atoms with Crippen LogP contribution in [0.15, 0.2) is 120 Å². The van der Waals surface area contributed by atoms with Crippen molar-refractivity contribution in [3.63, 3.8) is 0 Å². The number of fused-ring (bicyclic) bond motifs is 2. The van der Waals surface area contributed by atoms with Crippen LogP contribution < -0.4 is 10.4 Å². The van der Waals surface area contributed by atoms with Crippen LogP contribution in [0.25, 0.3) is 10.4 Å². The van der Waals surface area contributed by atoms with Crippen LogP contribution in [0.2, 0.25) is 0 Å². The highest BCUT2D eigenvalue weighted by Gasteiger charge is 2.50. The van der Waals surface area contributed by atoms with Gasteiger partial charge in [-0.05, 0) is 56.9 Å². The van der Waals surface area contributed by atoms with Gasteiger partial charge in [0.15, 0.2) is 8.07 Å². The summed E-state index contributed by atoms with van der Waals surface area (Å²) in [7, 11) is -2.61. The molecule has 0 aliphatic heterocycles. The quantitative estimate of drug-likeness (QED) is 0.323. The molecule has 2 aliphatic carbocycles. The van der Waals surface area contributed by atoms with Crippen molar-refractivity contribution in [2.45, 2.75) is 13.8 Å². The first-order valence-electron chi connectivity index (χ1n) is 11.6. The molecule has 0 saturated heterocycles. The Hall–Kier alpha value is -3.42. The van der Waals surface area contributed by atoms with Gasteiger partial charge in [-0.15, -0.1) is 0 Å². The molecular weight excluding hydrogens is 412 g/mol. The van der Waals surface area contributed by atoms with Crippen molar-refractivity contribution in [3.05, 3.63) is 155 Å². The summed E-state index contributed by atoms with van der Waals surface area (Å²) in [5.74, 6) is 0. The molecule has 6 rings (SSSR count). The average molecular weight is 439 g/mol. The van der Waals surface area contributed by atoms with Gasteiger partial charge < -0.3 is 0 Å². The molecule has 33 heavy (non-hydrogen) atoms. The number of allylic oxidation sites excluding steroid dienone is 2. The number of rotatable bonds is 4. The highest BCUT2D eigenvalue weighted by molar-refractivity contribution is 7.26. The monoisotopic (exact) mass is 438 g/mol. The molecule has 0 heterocycles. The third kappa shape index (κ3) is 2.96. The lowest BCUT2D eigenvalue weighted by molar-refractivity contribution is 1.45. The van der Waals surface area contributed by atoms with Crippen LogP contribution in [0.1, 0.15) is 36.1 Å². The van der Waals surface area contributed by atoms with E-state index >= 15 is 0 Å². The second-order valence-electron chi connectivity index (χ2n) is 9.06. The summed E-state index contributed by atoms with van der Waals surface area (Å²) < 4.78 is 0. The first kappa shape index (κ1) is 20.2. The van der Waals surface area contributed by atoms with Crippen LogP contribution in [0.4, 0.5) is 0 Å². The van der Waals surface area contributed by atoms with Crippen LogP contribution in [-0.2, 0) is 0 Å². The van der Waals surface area contributed by atoms with E-state index in [0.29, 0.717) is 0 Å². The normalized spacial score (nSPS) is 15.1. The summed E-state index contributed by atoms with van der Waals surface area (Å²) >= 11 is 0. The fourth-order valence-corrected chi connectivity index (χ4v) is 11.7. The zero-order valence-electron chi connectivity index (χ0n) is 19.0. The van der Waals surface area contributed by atoms with Crippen molar-refractivity contribution < 1.29 is 0 Å². The van der Waals surface area contributed by atoms with Crippen molar-refractivity contribution in [1.29, 1.82) is 0 Å². The topological polar surface area (TPSA) is 0 Å². The number of benzene rings is 4. The Morgan fingerprint density at radius 3 is 1.21 bits per heavy atom. The zero-order chi connectivity index (χ0) is 22.4. The van der Waals surface area contributed by atoms with Crippen LogP contribution in [-0.4, -0.2) is 8.07 Å². The minimum absolute atomic E-state index is 1.34. The molecule has 0 atom stereocenters. The Kier molecular flexibility index (Phi) is 4.81. The predicted octanol–water partition coefficient (Wildman–Crippen LogP) is 6.41. The van der Waals surface area contributed by atoms with Crippen molar-refractivity contribution in [1.82, 2.24) is 0 Å². The van der Waals surface area contributed by atoms with E-state index in [9.17, 15) is 0 Å². The zero-order valence-corrected chi connectivity index (χ0v) is 20.0. The first-order chi connectivity index (χ1) is 16.2. The molecule has 4 aromatic rings. The van der Waals surface area contributed by atoms with Gasteiger partial charge in [0.1, 0.15) is 0 Å². The molecule has 0 N–H and O–H groups in total. The lowest BCUT2D eigenvalue weighted by Gasteiger charge is -2.38. The predicted molar refractivity (Wildman–Crippen MR) is 143 cm³/mol. The Morgan fingerprint density at radius 1 is 0.424 bits per heavy atom. The van der Waals surface area contributed by atoms with E-state index in [0.717, 1.165) is 0 Å². The molecule has 0 nitrogen and oxygen atoms in total. The lowest BCUT2D eigenvalue weighted by atomic mass is 10.1. The third-order valence-electron chi connectivity index (χ3n) is 7.16. The minimum Gasteiger partial charge on any atom is -0.0639 e. The van der Waals surface area contributed by atoms with E-state index in [-0.39, 0.29) is 0 Å². The molecule has 0 saturated carbocycles. The number of hydrogen-bond acceptors (Lipinski definition) is 0. The molecule has 0 amide bonds. The Morgan fingerprint density at radius 2 is 0.788 bits per heavy atom. The molecule has 2 radical (unpaired) electrons. The summed E-state index contributed by atoms with van der Waals surface area (Å²) in [4.78, 5) is 0. The molecule has 2 aliphatic rings. The second kappa shape index (κ2) is 7.86. The van der Waals surface area contributed by atoms with E-state index in [1.807, 2.05) is 0 Å². The van der Waals surface area contributed by atoms with Gasteiger partial charge >= 0.3 is 0 Å². The summed E-state index contributed by atoms with van der Waals surface area (Å²) in [6.07, 6.45) is 4.78. The Bertz CT molecular complexity index is 1300. The van der Waals surface area contributed by atoms with Crippen LogP contribution in [0.3, 0.4) is 0 Å². The van der Waals surface area contributed by atoms with Gasteiger partial charge in [0.05, 0.1) is 0 Å². The fraction of sp³-hybridized carbons (Fsp3) is 0.0625. The Balaban J connectivity index is 1.80. The van der Waals surface area contributed by atoms with E-state index in [2.05, 4.69) is 136 Å². The standard InChI is InChI=1S/C32H26Si/c1-23-21-25-13-9-11-19-29(25)31(23)33(27-15-5-3-6-16-27,28-17-7-4-8-18-28)32-24(2)22-26-14-10-12-20-30(26)32/h3-22H,1-2H3. The smallest absolute Gasteiger partial charge is 0.0639 e. The molecule has 0 spiro atoms. The minimum atomic E-state index is -2.61. The van der Waals surface area contributed by atoms with E-state index in [1.165, 1.54) is 54.2 Å². The largest absolute Gasteiger partial charge is 0.180 e. The maximum atomic E-state index is 2.39. The molecule has 0 bridgehead atoms. The van der Waals surface area contributed by atoms with Crippen LogP contribution >= 0.6 is 0 Å². The van der Waals surface area contributed by atoms with Crippen molar-refractivity contribution in [2.75, 3.05) is 0 Å².